The second-order valence-electron chi connectivity index (χ2n) is 13.4. The van der Waals surface area contributed by atoms with Crippen molar-refractivity contribution < 1.29 is 22.7 Å². The number of halogens is 3. The lowest BCUT2D eigenvalue weighted by Gasteiger charge is -2.42. The number of aromatic nitrogens is 2. The number of ether oxygens (including phenoxy) is 1. The fraction of sp³-hybridized carbons (Fsp3) is 0.514. The van der Waals surface area contributed by atoms with E-state index in [1.54, 1.807) is 17.8 Å². The van der Waals surface area contributed by atoms with Crippen LogP contribution in [-0.2, 0) is 10.5 Å². The molecule has 3 saturated heterocycles. The van der Waals surface area contributed by atoms with Gasteiger partial charge < -0.3 is 30.2 Å². The molecule has 9 nitrogen and oxygen atoms in total. The second-order valence-corrected chi connectivity index (χ2v) is 14.7. The molecular formula is C35H41F3N6O3S. The maximum Gasteiger partial charge on any atom is 0.261 e. The van der Waals surface area contributed by atoms with Crippen molar-refractivity contribution in [3.05, 3.63) is 70.2 Å². The zero-order valence-electron chi connectivity index (χ0n) is 26.8. The normalized spacial score (nSPS) is 21.5. The number of anilines is 2. The Balaban J connectivity index is 0.885. The first kappa shape index (κ1) is 32.8. The summed E-state index contributed by atoms with van der Waals surface area (Å²) in [5, 5.41) is 5.88. The van der Waals surface area contributed by atoms with Crippen molar-refractivity contribution in [2.24, 2.45) is 5.92 Å². The third-order valence-electron chi connectivity index (χ3n) is 9.94. The van der Waals surface area contributed by atoms with Crippen LogP contribution < -0.4 is 25.8 Å². The van der Waals surface area contributed by atoms with Crippen molar-refractivity contribution in [3.8, 4) is 5.75 Å². The van der Waals surface area contributed by atoms with E-state index in [9.17, 15) is 14.0 Å². The van der Waals surface area contributed by atoms with E-state index >= 15 is 8.78 Å². The van der Waals surface area contributed by atoms with E-state index in [1.165, 1.54) is 12.1 Å². The summed E-state index contributed by atoms with van der Waals surface area (Å²) in [5.41, 5.74) is 0.705. The first-order valence-corrected chi connectivity index (χ1v) is 17.9. The van der Waals surface area contributed by atoms with Gasteiger partial charge in [0, 0.05) is 54.3 Å². The smallest absolute Gasteiger partial charge is 0.261 e. The van der Waals surface area contributed by atoms with Gasteiger partial charge in [0.05, 0.1) is 29.3 Å². The summed E-state index contributed by atoms with van der Waals surface area (Å²) in [6.07, 6.45) is 7.03. The molecule has 1 aromatic heterocycles. The number of nitrogens with zero attached hydrogens (tertiary/aromatic N) is 3. The number of allylic oxidation sites excluding steroid dienone is 1. The first-order chi connectivity index (χ1) is 23.2. The standard InChI is InChI=1S/C35H41F3N6O3S/c1-20-2-5-28(34(45)39-20)40-29-16-26(37)31(17-25(29)36)44-10-6-22(7-11-44)43-12-8-24(9-13-43)48-19-32-41-30-15-23(47-18-21-3-4-21)14-27(38)33(30)35(46)42-32/h14-17,21-22,24,28,40H,1-13,18-19H2,(H,39,45)(H,41,42,46). The summed E-state index contributed by atoms with van der Waals surface area (Å²) in [4.78, 5) is 36.6. The maximum atomic E-state index is 15.2. The molecule has 4 fully saturated rings. The molecule has 7 rings (SSSR count). The van der Waals surface area contributed by atoms with Gasteiger partial charge in [-0.3, -0.25) is 9.59 Å². The number of piperidine rings is 3. The van der Waals surface area contributed by atoms with E-state index in [0.717, 1.165) is 57.7 Å². The zero-order chi connectivity index (χ0) is 33.4. The molecule has 48 heavy (non-hydrogen) atoms. The molecule has 0 bridgehead atoms. The molecule has 1 saturated carbocycles. The summed E-state index contributed by atoms with van der Waals surface area (Å²) < 4.78 is 50.7. The van der Waals surface area contributed by atoms with Gasteiger partial charge in [0.1, 0.15) is 40.5 Å². The Labute approximate surface area is 281 Å². The van der Waals surface area contributed by atoms with Gasteiger partial charge in [0.25, 0.3) is 5.56 Å². The van der Waals surface area contributed by atoms with Crippen LogP contribution in [-0.4, -0.2) is 70.9 Å². The topological polar surface area (TPSA) is 103 Å². The molecule has 4 heterocycles. The summed E-state index contributed by atoms with van der Waals surface area (Å²) in [6, 6.07) is 5.05. The van der Waals surface area contributed by atoms with Gasteiger partial charge in [-0.1, -0.05) is 6.58 Å². The molecule has 1 amide bonds. The van der Waals surface area contributed by atoms with Crippen molar-refractivity contribution in [1.29, 1.82) is 0 Å². The molecule has 1 unspecified atom stereocenters. The minimum absolute atomic E-state index is 0.0147. The molecule has 3 N–H and O–H groups in total. The fourth-order valence-corrected chi connectivity index (χ4v) is 8.04. The lowest BCUT2D eigenvalue weighted by molar-refractivity contribution is -0.122. The van der Waals surface area contributed by atoms with Crippen LogP contribution in [0, 0.1) is 23.4 Å². The Morgan fingerprint density at radius 2 is 1.71 bits per heavy atom. The largest absolute Gasteiger partial charge is 0.493 e. The highest BCUT2D eigenvalue weighted by molar-refractivity contribution is 7.99. The monoisotopic (exact) mass is 682 g/mol. The number of H-pyrrole nitrogens is 1. The Hall–Kier alpha value is -3.71. The minimum atomic E-state index is -0.635. The van der Waals surface area contributed by atoms with Gasteiger partial charge in [0.15, 0.2) is 0 Å². The molecule has 256 valence electrons. The average molecular weight is 683 g/mol. The van der Waals surface area contributed by atoms with E-state index in [1.807, 2.05) is 4.90 Å². The number of hydrogen-bond donors (Lipinski definition) is 3. The molecule has 3 aromatic rings. The predicted octanol–water partition coefficient (Wildman–Crippen LogP) is 5.70. The molecule has 0 radical (unpaired) electrons. The summed E-state index contributed by atoms with van der Waals surface area (Å²) in [6.45, 7) is 7.46. The molecule has 1 atom stereocenters. The third kappa shape index (κ3) is 7.46. The number of amides is 1. The van der Waals surface area contributed by atoms with Crippen LogP contribution in [0.25, 0.3) is 10.9 Å². The molecule has 3 aliphatic heterocycles. The van der Waals surface area contributed by atoms with Crippen molar-refractivity contribution in [2.75, 3.05) is 43.0 Å². The van der Waals surface area contributed by atoms with Gasteiger partial charge in [0.2, 0.25) is 5.91 Å². The third-order valence-corrected chi connectivity index (χ3v) is 11.3. The number of nitrogens with one attached hydrogen (secondary N) is 3. The van der Waals surface area contributed by atoms with Gasteiger partial charge in [-0.25, -0.2) is 18.2 Å². The minimum Gasteiger partial charge on any atom is -0.493 e. The number of carbonyl (C=O) groups excluding carboxylic acids is 1. The first-order valence-electron chi connectivity index (χ1n) is 16.9. The second kappa shape index (κ2) is 14.0. The molecule has 2 aromatic carbocycles. The van der Waals surface area contributed by atoms with Gasteiger partial charge >= 0.3 is 0 Å². The fourth-order valence-electron chi connectivity index (χ4n) is 6.96. The number of hydrogen-bond acceptors (Lipinski definition) is 8. The number of rotatable bonds is 10. The number of likely N-dealkylation sites (tertiary alicyclic amines) is 1. The highest BCUT2D eigenvalue weighted by Crippen LogP contribution is 2.33. The number of carbonyl (C=O) groups is 1. The van der Waals surface area contributed by atoms with E-state index in [2.05, 4.69) is 32.1 Å². The van der Waals surface area contributed by atoms with Crippen molar-refractivity contribution in [2.45, 2.75) is 74.5 Å². The summed E-state index contributed by atoms with van der Waals surface area (Å²) in [5.74, 6) is 0.0000861. The number of benzene rings is 2. The van der Waals surface area contributed by atoms with E-state index < -0.39 is 29.1 Å². The molecular weight excluding hydrogens is 641 g/mol. The van der Waals surface area contributed by atoms with Crippen molar-refractivity contribution >= 4 is 39.9 Å². The summed E-state index contributed by atoms with van der Waals surface area (Å²) in [7, 11) is 0. The molecule has 0 spiro atoms. The van der Waals surface area contributed by atoms with E-state index in [0.29, 0.717) is 78.3 Å². The van der Waals surface area contributed by atoms with Gasteiger partial charge in [-0.2, -0.15) is 11.8 Å². The van der Waals surface area contributed by atoms with Crippen LogP contribution in [0.4, 0.5) is 24.5 Å². The van der Waals surface area contributed by atoms with Crippen LogP contribution in [0.1, 0.15) is 57.2 Å². The lowest BCUT2D eigenvalue weighted by Crippen LogP contribution is -2.48. The Kier molecular flexibility index (Phi) is 9.59. The van der Waals surface area contributed by atoms with E-state index in [-0.39, 0.29) is 22.7 Å². The number of thioether (sulfide) groups is 1. The average Bonchev–Trinajstić information content (AvgIpc) is 3.90. The van der Waals surface area contributed by atoms with Gasteiger partial charge in [-0.15, -0.1) is 0 Å². The van der Waals surface area contributed by atoms with Crippen molar-refractivity contribution in [1.82, 2.24) is 20.2 Å². The summed E-state index contributed by atoms with van der Waals surface area (Å²) >= 11 is 1.76. The SMILES string of the molecule is C=C1CCC(Nc2cc(F)c(N3CCC(N4CCC(SCc5nc6cc(OCC7CC7)cc(F)c6c(=O)[nH]5)CC4)CC3)cc2F)C(=O)N1. The Bertz CT molecular complexity index is 1750. The zero-order valence-corrected chi connectivity index (χ0v) is 27.7. The van der Waals surface area contributed by atoms with Crippen LogP contribution >= 0.6 is 11.8 Å². The van der Waals surface area contributed by atoms with Crippen molar-refractivity contribution in [3.63, 3.8) is 0 Å². The van der Waals surface area contributed by atoms with E-state index in [4.69, 9.17) is 4.74 Å². The van der Waals surface area contributed by atoms with Crippen LogP contribution in [0.5, 0.6) is 5.75 Å². The molecule has 4 aliphatic rings. The van der Waals surface area contributed by atoms with Crippen LogP contribution in [0.2, 0.25) is 0 Å². The Morgan fingerprint density at radius 1 is 0.938 bits per heavy atom. The highest BCUT2D eigenvalue weighted by Gasteiger charge is 2.31. The lowest BCUT2D eigenvalue weighted by atomic mass is 9.99. The number of aromatic amines is 1. The maximum absolute atomic E-state index is 15.2. The quantitative estimate of drug-likeness (QED) is 0.251. The number of fused-ring (bicyclic) bond motifs is 1. The van der Waals surface area contributed by atoms with Crippen LogP contribution in [0.15, 0.2) is 41.3 Å². The van der Waals surface area contributed by atoms with Gasteiger partial charge in [-0.05, 0) is 70.4 Å². The molecule has 13 heteroatoms. The Morgan fingerprint density at radius 3 is 2.44 bits per heavy atom. The van der Waals surface area contributed by atoms with Crippen LogP contribution in [0.3, 0.4) is 0 Å². The molecule has 1 aliphatic carbocycles. The highest BCUT2D eigenvalue weighted by atomic mass is 32.2. The predicted molar refractivity (Wildman–Crippen MR) is 182 cm³/mol.